The number of esters is 1. The molecule has 0 aromatic heterocycles. The summed E-state index contributed by atoms with van der Waals surface area (Å²) in [5.41, 5.74) is -0.749. The second-order valence-corrected chi connectivity index (χ2v) is 5.52. The van der Waals surface area contributed by atoms with Gasteiger partial charge in [0.05, 0.1) is 12.7 Å². The number of nitriles is 1. The lowest BCUT2D eigenvalue weighted by Gasteiger charge is -2.27. The van der Waals surface area contributed by atoms with Crippen LogP contribution in [0.1, 0.15) is 38.1 Å². The Morgan fingerprint density at radius 3 is 2.57 bits per heavy atom. The highest BCUT2D eigenvalue weighted by atomic mass is 16.5. The third kappa shape index (κ3) is 4.99. The number of hydrogen-bond donors (Lipinski definition) is 1. The van der Waals surface area contributed by atoms with Gasteiger partial charge in [-0.3, -0.25) is 4.79 Å². The smallest absolute Gasteiger partial charge is 0.342 e. The van der Waals surface area contributed by atoms with Crippen LogP contribution in [0.5, 0.6) is 5.75 Å². The molecule has 0 aliphatic heterocycles. The fraction of sp³-hybridized carbons (Fsp3) is 0.471. The molecule has 1 aromatic carbocycles. The van der Waals surface area contributed by atoms with E-state index in [0.29, 0.717) is 12.4 Å². The number of para-hydroxylation sites is 1. The Hall–Kier alpha value is -2.55. The molecule has 23 heavy (non-hydrogen) atoms. The summed E-state index contributed by atoms with van der Waals surface area (Å²) in [7, 11) is 0. The molecule has 1 N–H and O–H groups in total. The molecule has 1 rings (SSSR count). The molecule has 0 heterocycles. The van der Waals surface area contributed by atoms with Crippen molar-refractivity contribution in [1.29, 1.82) is 5.26 Å². The van der Waals surface area contributed by atoms with Gasteiger partial charge < -0.3 is 14.8 Å². The van der Waals surface area contributed by atoms with Crippen molar-refractivity contribution in [2.75, 3.05) is 13.2 Å². The Balaban J connectivity index is 2.67. The van der Waals surface area contributed by atoms with Gasteiger partial charge in [-0.1, -0.05) is 26.0 Å². The molecule has 0 bridgehead atoms. The van der Waals surface area contributed by atoms with Crippen LogP contribution in [-0.4, -0.2) is 30.6 Å². The first-order valence-electron chi connectivity index (χ1n) is 7.45. The standard InChI is InChI=1S/C17H22N2O4/c1-5-22-14-9-7-6-8-13(14)16(21)23-10-15(20)19-17(4,11-18)12(2)3/h6-9,12H,5,10H2,1-4H3,(H,19,20). The third-order valence-corrected chi connectivity index (χ3v) is 3.53. The summed E-state index contributed by atoms with van der Waals surface area (Å²) >= 11 is 0. The lowest BCUT2D eigenvalue weighted by molar-refractivity contribution is -0.125. The van der Waals surface area contributed by atoms with Crippen LogP contribution in [0.3, 0.4) is 0 Å². The molecule has 0 aliphatic rings. The molecule has 1 amide bonds. The second-order valence-electron chi connectivity index (χ2n) is 5.52. The van der Waals surface area contributed by atoms with Crippen LogP contribution in [0.4, 0.5) is 0 Å². The van der Waals surface area contributed by atoms with Crippen LogP contribution in [0, 0.1) is 17.2 Å². The maximum absolute atomic E-state index is 12.1. The van der Waals surface area contributed by atoms with E-state index >= 15 is 0 Å². The molecule has 0 spiro atoms. The number of carbonyl (C=O) groups excluding carboxylic acids is 2. The Kier molecular flexibility index (Phi) is 6.58. The molecule has 0 fully saturated rings. The zero-order valence-corrected chi connectivity index (χ0v) is 13.9. The minimum Gasteiger partial charge on any atom is -0.493 e. The fourth-order valence-electron chi connectivity index (χ4n) is 1.75. The summed E-state index contributed by atoms with van der Waals surface area (Å²) < 4.78 is 10.4. The molecular formula is C17H22N2O4. The Bertz CT molecular complexity index is 607. The lowest BCUT2D eigenvalue weighted by atomic mass is 9.90. The van der Waals surface area contributed by atoms with Crippen molar-refractivity contribution in [3.8, 4) is 11.8 Å². The van der Waals surface area contributed by atoms with Gasteiger partial charge in [-0.25, -0.2) is 4.79 Å². The highest BCUT2D eigenvalue weighted by molar-refractivity contribution is 5.94. The Labute approximate surface area is 136 Å². The van der Waals surface area contributed by atoms with Gasteiger partial charge in [0, 0.05) is 0 Å². The van der Waals surface area contributed by atoms with E-state index in [1.807, 2.05) is 20.8 Å². The van der Waals surface area contributed by atoms with E-state index in [4.69, 9.17) is 14.7 Å². The highest BCUT2D eigenvalue weighted by Crippen LogP contribution is 2.19. The molecule has 6 heteroatoms. The topological polar surface area (TPSA) is 88.4 Å². The maximum atomic E-state index is 12.1. The van der Waals surface area contributed by atoms with Crippen molar-refractivity contribution >= 4 is 11.9 Å². The van der Waals surface area contributed by atoms with E-state index < -0.39 is 24.0 Å². The minimum atomic E-state index is -1.01. The van der Waals surface area contributed by atoms with Gasteiger partial charge in [0.25, 0.3) is 5.91 Å². The van der Waals surface area contributed by atoms with Crippen molar-refractivity contribution in [2.24, 2.45) is 5.92 Å². The van der Waals surface area contributed by atoms with E-state index in [-0.39, 0.29) is 11.5 Å². The van der Waals surface area contributed by atoms with Crippen LogP contribution in [0.2, 0.25) is 0 Å². The van der Waals surface area contributed by atoms with Gasteiger partial charge in [0.2, 0.25) is 0 Å². The predicted octanol–water partition coefficient (Wildman–Crippen LogP) is 2.30. The summed E-state index contributed by atoms with van der Waals surface area (Å²) in [6.45, 7) is 7.05. The number of carbonyl (C=O) groups is 2. The summed E-state index contributed by atoms with van der Waals surface area (Å²) in [5, 5.41) is 11.7. The monoisotopic (exact) mass is 318 g/mol. The van der Waals surface area contributed by atoms with Crippen molar-refractivity contribution in [3.63, 3.8) is 0 Å². The Morgan fingerprint density at radius 1 is 1.35 bits per heavy atom. The number of rotatable bonds is 7. The first-order valence-corrected chi connectivity index (χ1v) is 7.45. The fourth-order valence-corrected chi connectivity index (χ4v) is 1.75. The van der Waals surface area contributed by atoms with Crippen LogP contribution in [-0.2, 0) is 9.53 Å². The lowest BCUT2D eigenvalue weighted by Crippen LogP contribution is -2.50. The molecule has 0 saturated carbocycles. The van der Waals surface area contributed by atoms with Crippen LogP contribution < -0.4 is 10.1 Å². The van der Waals surface area contributed by atoms with Crippen molar-refractivity contribution in [3.05, 3.63) is 29.8 Å². The number of hydrogen-bond acceptors (Lipinski definition) is 5. The third-order valence-electron chi connectivity index (χ3n) is 3.53. The molecule has 0 aliphatic carbocycles. The quantitative estimate of drug-likeness (QED) is 0.779. The summed E-state index contributed by atoms with van der Waals surface area (Å²) in [6.07, 6.45) is 0. The average molecular weight is 318 g/mol. The number of nitrogens with one attached hydrogen (secondary N) is 1. The van der Waals surface area contributed by atoms with E-state index in [0.717, 1.165) is 0 Å². The summed E-state index contributed by atoms with van der Waals surface area (Å²) in [6, 6.07) is 8.72. The summed E-state index contributed by atoms with van der Waals surface area (Å²) in [4.78, 5) is 24.0. The SMILES string of the molecule is CCOc1ccccc1C(=O)OCC(=O)NC(C)(C#N)C(C)C. The van der Waals surface area contributed by atoms with E-state index in [2.05, 4.69) is 11.4 Å². The first-order chi connectivity index (χ1) is 10.8. The first kappa shape index (κ1) is 18.5. The number of benzene rings is 1. The normalized spacial score (nSPS) is 12.9. The molecular weight excluding hydrogens is 296 g/mol. The van der Waals surface area contributed by atoms with E-state index in [9.17, 15) is 9.59 Å². The number of nitrogens with zero attached hydrogens (tertiary/aromatic N) is 1. The largest absolute Gasteiger partial charge is 0.493 e. The van der Waals surface area contributed by atoms with Gasteiger partial charge in [-0.05, 0) is 31.9 Å². The predicted molar refractivity (Wildman–Crippen MR) is 84.9 cm³/mol. The molecule has 1 unspecified atom stereocenters. The highest BCUT2D eigenvalue weighted by Gasteiger charge is 2.30. The van der Waals surface area contributed by atoms with E-state index in [1.54, 1.807) is 31.2 Å². The zero-order chi connectivity index (χ0) is 17.5. The average Bonchev–Trinajstić information content (AvgIpc) is 2.53. The van der Waals surface area contributed by atoms with Gasteiger partial charge in [-0.2, -0.15) is 5.26 Å². The van der Waals surface area contributed by atoms with Crippen LogP contribution >= 0.6 is 0 Å². The maximum Gasteiger partial charge on any atom is 0.342 e. The zero-order valence-electron chi connectivity index (χ0n) is 13.9. The molecule has 0 radical (unpaired) electrons. The molecule has 0 saturated heterocycles. The molecule has 1 aromatic rings. The molecule has 1 atom stereocenters. The number of ether oxygens (including phenoxy) is 2. The van der Waals surface area contributed by atoms with Crippen LogP contribution in [0.15, 0.2) is 24.3 Å². The van der Waals surface area contributed by atoms with Gasteiger partial charge in [0.15, 0.2) is 6.61 Å². The van der Waals surface area contributed by atoms with Gasteiger partial charge >= 0.3 is 5.97 Å². The minimum absolute atomic E-state index is 0.0779. The summed E-state index contributed by atoms with van der Waals surface area (Å²) in [5.74, 6) is -0.840. The van der Waals surface area contributed by atoms with Crippen LogP contribution in [0.25, 0.3) is 0 Å². The van der Waals surface area contributed by atoms with E-state index in [1.165, 1.54) is 0 Å². The molecule has 6 nitrogen and oxygen atoms in total. The molecule has 124 valence electrons. The van der Waals surface area contributed by atoms with Crippen molar-refractivity contribution in [2.45, 2.75) is 33.2 Å². The van der Waals surface area contributed by atoms with Crippen molar-refractivity contribution in [1.82, 2.24) is 5.32 Å². The van der Waals surface area contributed by atoms with Gasteiger partial charge in [-0.15, -0.1) is 0 Å². The van der Waals surface area contributed by atoms with Crippen molar-refractivity contribution < 1.29 is 19.1 Å². The van der Waals surface area contributed by atoms with Gasteiger partial charge in [0.1, 0.15) is 16.9 Å². The number of amides is 1. The Morgan fingerprint density at radius 2 is 2.00 bits per heavy atom. The second kappa shape index (κ2) is 8.18.